The molecule has 2 atom stereocenters. The van der Waals surface area contributed by atoms with Crippen LogP contribution in [0.4, 0.5) is 5.69 Å². The van der Waals surface area contributed by atoms with Gasteiger partial charge >= 0.3 is 5.91 Å². The van der Waals surface area contributed by atoms with Crippen molar-refractivity contribution < 1.29 is 14.4 Å². The van der Waals surface area contributed by atoms with E-state index in [0.29, 0.717) is 10.7 Å². The number of para-hydroxylation sites is 1. The molecule has 0 spiro atoms. The highest BCUT2D eigenvalue weighted by Gasteiger charge is 2.59. The Labute approximate surface area is 200 Å². The van der Waals surface area contributed by atoms with Gasteiger partial charge in [0.1, 0.15) is 6.07 Å². The van der Waals surface area contributed by atoms with Gasteiger partial charge in [-0.1, -0.05) is 66.7 Å². The summed E-state index contributed by atoms with van der Waals surface area (Å²) in [5, 5.41) is 14.1. The molecule has 8 heteroatoms. The number of carbonyl (C=O) groups excluding carboxylic acids is 3. The Morgan fingerprint density at radius 1 is 0.829 bits per heavy atom. The van der Waals surface area contributed by atoms with Crippen molar-refractivity contribution in [3.8, 4) is 6.07 Å². The highest BCUT2D eigenvalue weighted by atomic mass is 16.2. The molecule has 35 heavy (non-hydrogen) atoms. The Hall–Kier alpha value is -4.77. The highest BCUT2D eigenvalue weighted by molar-refractivity contribution is 6.47. The smallest absolute Gasteiger partial charge is 0.277 e. The van der Waals surface area contributed by atoms with E-state index in [0.717, 1.165) is 22.3 Å². The first kappa shape index (κ1) is 20.8. The first-order valence-corrected chi connectivity index (χ1v) is 11.3. The molecule has 3 aromatic carbocycles. The fraction of sp³-hybridized carbons (Fsp3) is 0.148. The second kappa shape index (κ2) is 7.92. The maximum atomic E-state index is 13.8. The van der Waals surface area contributed by atoms with Crippen molar-refractivity contribution >= 4 is 29.1 Å². The molecule has 1 saturated heterocycles. The monoisotopic (exact) mass is 461 g/mol. The number of hydrazone groups is 1. The molecule has 7 rings (SSSR count). The van der Waals surface area contributed by atoms with Crippen LogP contribution in [0.25, 0.3) is 0 Å². The number of nitriles is 1. The number of benzene rings is 3. The van der Waals surface area contributed by atoms with Gasteiger partial charge in [-0.15, -0.1) is 0 Å². The van der Waals surface area contributed by atoms with E-state index in [2.05, 4.69) is 16.0 Å². The Morgan fingerprint density at radius 2 is 1.34 bits per heavy atom. The van der Waals surface area contributed by atoms with Crippen molar-refractivity contribution in [3.05, 3.63) is 101 Å². The molecule has 8 nitrogen and oxygen atoms in total. The van der Waals surface area contributed by atoms with Crippen LogP contribution >= 0.6 is 0 Å². The number of hydrazine groups is 1. The molecule has 2 unspecified atom stereocenters. The molecule has 0 saturated carbocycles. The normalized spacial score (nSPS) is 24.0. The lowest BCUT2D eigenvalue weighted by Crippen LogP contribution is -2.65. The second-order valence-electron chi connectivity index (χ2n) is 8.77. The van der Waals surface area contributed by atoms with E-state index in [1.54, 1.807) is 30.3 Å². The number of hydrogen-bond acceptors (Lipinski definition) is 6. The number of nitrogens with zero attached hydrogens (tertiary/aromatic N) is 3. The van der Waals surface area contributed by atoms with Crippen LogP contribution in [0.2, 0.25) is 0 Å². The van der Waals surface area contributed by atoms with E-state index in [-0.39, 0.29) is 11.8 Å². The number of imide groups is 1. The number of carbonyl (C=O) groups is 3. The van der Waals surface area contributed by atoms with Crippen molar-refractivity contribution in [2.75, 3.05) is 5.43 Å². The fourth-order valence-corrected chi connectivity index (χ4v) is 5.69. The van der Waals surface area contributed by atoms with Crippen LogP contribution in [0, 0.1) is 23.2 Å². The lowest BCUT2D eigenvalue weighted by molar-refractivity contribution is -0.164. The van der Waals surface area contributed by atoms with Gasteiger partial charge in [0.25, 0.3) is 5.91 Å². The molecule has 170 valence electrons. The third kappa shape index (κ3) is 3.05. The van der Waals surface area contributed by atoms with Gasteiger partial charge in [0.05, 0.1) is 17.5 Å². The van der Waals surface area contributed by atoms with Crippen molar-refractivity contribution in [1.29, 1.82) is 5.26 Å². The fourth-order valence-electron chi connectivity index (χ4n) is 5.69. The predicted molar refractivity (Wildman–Crippen MR) is 127 cm³/mol. The van der Waals surface area contributed by atoms with Crippen LogP contribution in [0.1, 0.15) is 34.1 Å². The average Bonchev–Trinajstić information content (AvgIpc) is 2.91. The lowest BCUT2D eigenvalue weighted by atomic mass is 9.53. The Balaban J connectivity index is 1.38. The standard InChI is InChI=1S/C27H19N5O3/c28-14-20(30-29-15-8-2-1-3-9-15)26(34)32-27(35)24-22-18-12-6-4-10-16(18)21(23(24)25(33)31-32)17-11-5-7-13-19(17)22/h1-13,21-24,29H,(H,31,33)/b30-20-. The summed E-state index contributed by atoms with van der Waals surface area (Å²) < 4.78 is 0. The van der Waals surface area contributed by atoms with Crippen molar-refractivity contribution in [1.82, 2.24) is 10.4 Å². The van der Waals surface area contributed by atoms with Gasteiger partial charge < -0.3 is 0 Å². The van der Waals surface area contributed by atoms with Crippen LogP contribution in [0.15, 0.2) is 84.0 Å². The topological polar surface area (TPSA) is 115 Å². The largest absolute Gasteiger partial charge is 0.310 e. The summed E-state index contributed by atoms with van der Waals surface area (Å²) in [4.78, 5) is 40.3. The summed E-state index contributed by atoms with van der Waals surface area (Å²) >= 11 is 0. The van der Waals surface area contributed by atoms with Crippen molar-refractivity contribution in [2.24, 2.45) is 16.9 Å². The maximum absolute atomic E-state index is 13.8. The second-order valence-corrected chi connectivity index (χ2v) is 8.77. The quantitative estimate of drug-likeness (QED) is 0.460. The van der Waals surface area contributed by atoms with E-state index in [1.807, 2.05) is 54.6 Å². The van der Waals surface area contributed by atoms with E-state index >= 15 is 0 Å². The number of rotatable bonds is 3. The van der Waals surface area contributed by atoms with Gasteiger partial charge in [-0.05, 0) is 34.4 Å². The Bertz CT molecular complexity index is 1410. The average molecular weight is 461 g/mol. The molecule has 1 aliphatic heterocycles. The van der Waals surface area contributed by atoms with Crippen molar-refractivity contribution in [3.63, 3.8) is 0 Å². The van der Waals surface area contributed by atoms with Crippen LogP contribution in [-0.2, 0) is 14.4 Å². The van der Waals surface area contributed by atoms with E-state index in [4.69, 9.17) is 0 Å². The number of hydrogen-bond donors (Lipinski definition) is 2. The molecule has 2 N–H and O–H groups in total. The zero-order valence-corrected chi connectivity index (χ0v) is 18.4. The number of anilines is 1. The van der Waals surface area contributed by atoms with Gasteiger partial charge in [-0.3, -0.25) is 25.2 Å². The first-order valence-electron chi connectivity index (χ1n) is 11.3. The zero-order valence-electron chi connectivity index (χ0n) is 18.4. The van der Waals surface area contributed by atoms with Crippen LogP contribution in [0.5, 0.6) is 0 Å². The van der Waals surface area contributed by atoms with Crippen LogP contribution < -0.4 is 10.9 Å². The van der Waals surface area contributed by atoms with E-state index < -0.39 is 35.3 Å². The van der Waals surface area contributed by atoms with Crippen LogP contribution in [0.3, 0.4) is 0 Å². The summed E-state index contributed by atoms with van der Waals surface area (Å²) in [6, 6.07) is 26.2. The summed E-state index contributed by atoms with van der Waals surface area (Å²) in [7, 11) is 0. The van der Waals surface area contributed by atoms with E-state index in [1.165, 1.54) is 0 Å². The SMILES string of the molecule is N#C/C(=N/Nc1ccccc1)C(=O)N1NC(=O)C2C3c4ccccc4C(c4ccccc43)C2C1=O. The third-order valence-electron chi connectivity index (χ3n) is 7.05. The lowest BCUT2D eigenvalue weighted by Gasteiger charge is -2.52. The maximum Gasteiger partial charge on any atom is 0.310 e. The minimum absolute atomic E-state index is 0.289. The van der Waals surface area contributed by atoms with E-state index in [9.17, 15) is 19.6 Å². The van der Waals surface area contributed by atoms with Gasteiger partial charge in [0, 0.05) is 11.8 Å². The molecule has 1 fully saturated rings. The predicted octanol–water partition coefficient (Wildman–Crippen LogP) is 2.90. The molecule has 4 aliphatic rings. The molecule has 0 radical (unpaired) electrons. The molecule has 0 aromatic heterocycles. The van der Waals surface area contributed by atoms with Gasteiger partial charge in [-0.25, -0.2) is 0 Å². The minimum Gasteiger partial charge on any atom is -0.277 e. The number of amides is 3. The molecule has 3 aliphatic carbocycles. The van der Waals surface area contributed by atoms with Gasteiger partial charge in [-0.2, -0.15) is 15.4 Å². The van der Waals surface area contributed by atoms with Crippen LogP contribution in [-0.4, -0.2) is 28.4 Å². The number of nitrogens with one attached hydrogen (secondary N) is 2. The molecular formula is C27H19N5O3. The van der Waals surface area contributed by atoms with Crippen molar-refractivity contribution in [2.45, 2.75) is 11.8 Å². The molecule has 3 aromatic rings. The molecule has 1 heterocycles. The highest BCUT2D eigenvalue weighted by Crippen LogP contribution is 2.59. The third-order valence-corrected chi connectivity index (χ3v) is 7.05. The zero-order chi connectivity index (χ0) is 24.1. The Kier molecular flexibility index (Phi) is 4.71. The summed E-state index contributed by atoms with van der Waals surface area (Å²) in [5.74, 6) is -4.00. The molecular weight excluding hydrogens is 442 g/mol. The van der Waals surface area contributed by atoms with Gasteiger partial charge in [0.15, 0.2) is 0 Å². The summed E-state index contributed by atoms with van der Waals surface area (Å²) in [6.07, 6.45) is 0. The first-order chi connectivity index (χ1) is 17.1. The minimum atomic E-state index is -0.976. The molecule has 2 bridgehead atoms. The molecule has 3 amide bonds. The summed E-state index contributed by atoms with van der Waals surface area (Å²) in [5.41, 5.74) is 9.19. The summed E-state index contributed by atoms with van der Waals surface area (Å²) in [6.45, 7) is 0. The Morgan fingerprint density at radius 3 is 1.89 bits per heavy atom. The van der Waals surface area contributed by atoms with Gasteiger partial charge in [0.2, 0.25) is 11.6 Å².